The van der Waals surface area contributed by atoms with Crippen molar-refractivity contribution >= 4 is 18.2 Å². The fourth-order valence-electron chi connectivity index (χ4n) is 2.86. The van der Waals surface area contributed by atoms with E-state index >= 15 is 0 Å². The number of rotatable bonds is 14. The molecule has 1 atom stereocenters. The average molecular weight is 373 g/mol. The molecule has 1 rings (SSSR count). The number of hydrogen-bond donors (Lipinski definition) is 1. The number of esters is 1. The maximum atomic E-state index is 12.1. The van der Waals surface area contributed by atoms with Crippen LogP contribution in [0.1, 0.15) is 56.9 Å². The molecule has 0 aliphatic heterocycles. The third kappa shape index (κ3) is 11.0. The van der Waals surface area contributed by atoms with Gasteiger partial charge in [0.15, 0.2) is 0 Å². The normalized spacial score (nSPS) is 11.9. The van der Waals surface area contributed by atoms with Gasteiger partial charge in [-0.2, -0.15) is 0 Å². The van der Waals surface area contributed by atoms with E-state index in [-0.39, 0.29) is 5.91 Å². The molecule has 27 heavy (non-hydrogen) atoms. The van der Waals surface area contributed by atoms with Crippen molar-refractivity contribution in [3.8, 4) is 0 Å². The number of benzene rings is 1. The first kappa shape index (κ1) is 22.6. The summed E-state index contributed by atoms with van der Waals surface area (Å²) in [5, 5.41) is 2.80. The number of amides is 1. The van der Waals surface area contributed by atoms with E-state index in [1.807, 2.05) is 36.4 Å². The Balaban J connectivity index is 2.21. The Bertz CT molecular complexity index is 583. The van der Waals surface area contributed by atoms with Gasteiger partial charge in [-0.25, -0.2) is 4.79 Å². The standard InChI is InChI=1S/C22H31NO4/c1-27-22(26)20(18-19-14-10-9-11-15-19)23-21(25)16-12-7-5-3-2-4-6-8-13-17-24/h8-11,13-15,17,20H,2-7,12,16,18H2,1H3,(H,23,25)/b13-8+/t20-/m0/s1. The minimum atomic E-state index is -0.649. The van der Waals surface area contributed by atoms with Crippen LogP contribution in [-0.2, 0) is 25.5 Å². The Kier molecular flexibility index (Phi) is 12.3. The summed E-state index contributed by atoms with van der Waals surface area (Å²) in [6.07, 6.45) is 12.3. The summed E-state index contributed by atoms with van der Waals surface area (Å²) in [7, 11) is 1.33. The van der Waals surface area contributed by atoms with Crippen LogP contribution in [0.15, 0.2) is 42.5 Å². The maximum absolute atomic E-state index is 12.1. The van der Waals surface area contributed by atoms with Crippen molar-refractivity contribution in [2.45, 2.75) is 63.8 Å². The van der Waals surface area contributed by atoms with Crippen molar-refractivity contribution in [1.29, 1.82) is 0 Å². The number of aldehydes is 1. The number of carbonyl (C=O) groups is 3. The number of nitrogens with one attached hydrogen (secondary N) is 1. The molecule has 1 aromatic carbocycles. The Hall–Kier alpha value is -2.43. The first-order chi connectivity index (χ1) is 13.2. The van der Waals surface area contributed by atoms with Crippen molar-refractivity contribution in [1.82, 2.24) is 5.32 Å². The predicted octanol–water partition coefficient (Wildman–Crippen LogP) is 3.76. The lowest BCUT2D eigenvalue weighted by Crippen LogP contribution is -2.43. The zero-order valence-electron chi connectivity index (χ0n) is 16.2. The van der Waals surface area contributed by atoms with E-state index in [1.165, 1.54) is 13.2 Å². The van der Waals surface area contributed by atoms with Crippen LogP contribution >= 0.6 is 0 Å². The largest absolute Gasteiger partial charge is 0.467 e. The molecule has 5 heteroatoms. The van der Waals surface area contributed by atoms with Gasteiger partial charge < -0.3 is 10.1 Å². The minimum absolute atomic E-state index is 0.111. The summed E-state index contributed by atoms with van der Waals surface area (Å²) in [6, 6.07) is 8.93. The maximum Gasteiger partial charge on any atom is 0.328 e. The molecule has 0 saturated carbocycles. The quantitative estimate of drug-likeness (QED) is 0.233. The van der Waals surface area contributed by atoms with Gasteiger partial charge in [-0.05, 0) is 30.9 Å². The Morgan fingerprint density at radius 1 is 1.04 bits per heavy atom. The molecular weight excluding hydrogens is 342 g/mol. The summed E-state index contributed by atoms with van der Waals surface area (Å²) in [4.78, 5) is 34.2. The van der Waals surface area contributed by atoms with E-state index in [9.17, 15) is 14.4 Å². The molecule has 0 heterocycles. The summed E-state index contributed by atoms with van der Waals surface area (Å²) in [5.41, 5.74) is 0.983. The molecule has 0 saturated heterocycles. The molecule has 0 fully saturated rings. The minimum Gasteiger partial charge on any atom is -0.467 e. The molecule has 1 aromatic rings. The third-order valence-electron chi connectivity index (χ3n) is 4.34. The van der Waals surface area contributed by atoms with E-state index in [0.717, 1.165) is 56.8 Å². The summed E-state index contributed by atoms with van der Waals surface area (Å²) < 4.78 is 4.81. The average Bonchev–Trinajstić information content (AvgIpc) is 2.69. The predicted molar refractivity (Wildman–Crippen MR) is 106 cm³/mol. The number of carbonyl (C=O) groups excluding carboxylic acids is 3. The van der Waals surface area contributed by atoms with Crippen LogP contribution < -0.4 is 5.32 Å². The lowest BCUT2D eigenvalue weighted by molar-refractivity contribution is -0.145. The number of methoxy groups -OCH3 is 1. The highest BCUT2D eigenvalue weighted by Gasteiger charge is 2.21. The van der Waals surface area contributed by atoms with Crippen molar-refractivity contribution in [2.24, 2.45) is 0 Å². The second-order valence-electron chi connectivity index (χ2n) is 6.56. The molecule has 0 radical (unpaired) electrons. The van der Waals surface area contributed by atoms with E-state index < -0.39 is 12.0 Å². The first-order valence-electron chi connectivity index (χ1n) is 9.68. The molecule has 0 bridgehead atoms. The molecule has 1 amide bonds. The fourth-order valence-corrected chi connectivity index (χ4v) is 2.86. The Morgan fingerprint density at radius 3 is 2.37 bits per heavy atom. The van der Waals surface area contributed by atoms with Crippen LogP contribution in [0.4, 0.5) is 0 Å². The number of unbranched alkanes of at least 4 members (excludes halogenated alkanes) is 6. The van der Waals surface area contributed by atoms with E-state index in [1.54, 1.807) is 0 Å². The topological polar surface area (TPSA) is 72.5 Å². The molecule has 0 aliphatic rings. The Morgan fingerprint density at radius 2 is 1.70 bits per heavy atom. The second kappa shape index (κ2) is 14.7. The highest BCUT2D eigenvalue weighted by atomic mass is 16.5. The molecule has 0 aliphatic carbocycles. The fraction of sp³-hybridized carbons (Fsp3) is 0.500. The number of hydrogen-bond acceptors (Lipinski definition) is 4. The monoisotopic (exact) mass is 373 g/mol. The van der Waals surface area contributed by atoms with Gasteiger partial charge in [-0.15, -0.1) is 0 Å². The molecule has 0 unspecified atom stereocenters. The van der Waals surface area contributed by atoms with Gasteiger partial charge in [0.2, 0.25) is 5.91 Å². The highest BCUT2D eigenvalue weighted by Crippen LogP contribution is 2.10. The number of ether oxygens (including phenoxy) is 1. The van der Waals surface area contributed by atoms with Crippen LogP contribution in [0.5, 0.6) is 0 Å². The van der Waals surface area contributed by atoms with E-state index in [4.69, 9.17) is 4.74 Å². The van der Waals surface area contributed by atoms with Gasteiger partial charge in [0.25, 0.3) is 0 Å². The zero-order chi connectivity index (χ0) is 19.7. The van der Waals surface area contributed by atoms with Crippen LogP contribution in [0, 0.1) is 0 Å². The van der Waals surface area contributed by atoms with Crippen molar-refractivity contribution in [3.63, 3.8) is 0 Å². The Labute approximate surface area is 162 Å². The molecule has 0 spiro atoms. The SMILES string of the molecule is COC(=O)[C@H](Cc1ccccc1)NC(=O)CCCCCCCC/C=C/C=O. The van der Waals surface area contributed by atoms with Crippen LogP contribution in [0.2, 0.25) is 0 Å². The zero-order valence-corrected chi connectivity index (χ0v) is 16.2. The second-order valence-corrected chi connectivity index (χ2v) is 6.56. The van der Waals surface area contributed by atoms with Gasteiger partial charge in [0.1, 0.15) is 12.3 Å². The number of allylic oxidation sites excluding steroid dienone is 2. The van der Waals surface area contributed by atoms with Crippen molar-refractivity contribution in [3.05, 3.63) is 48.0 Å². The highest BCUT2D eigenvalue weighted by molar-refractivity contribution is 5.84. The van der Waals surface area contributed by atoms with Gasteiger partial charge >= 0.3 is 5.97 Å². The summed E-state index contributed by atoms with van der Waals surface area (Å²) >= 11 is 0. The van der Waals surface area contributed by atoms with Crippen molar-refractivity contribution in [2.75, 3.05) is 7.11 Å². The van der Waals surface area contributed by atoms with Crippen molar-refractivity contribution < 1.29 is 19.1 Å². The van der Waals surface area contributed by atoms with Gasteiger partial charge in [-0.1, -0.05) is 62.1 Å². The first-order valence-corrected chi connectivity index (χ1v) is 9.68. The molecule has 1 N–H and O–H groups in total. The van der Waals surface area contributed by atoms with E-state index in [0.29, 0.717) is 12.8 Å². The van der Waals surface area contributed by atoms with E-state index in [2.05, 4.69) is 5.32 Å². The molecule has 0 aromatic heterocycles. The van der Waals surface area contributed by atoms with Gasteiger partial charge in [0.05, 0.1) is 7.11 Å². The van der Waals surface area contributed by atoms with Gasteiger partial charge in [0, 0.05) is 12.8 Å². The lowest BCUT2D eigenvalue weighted by Gasteiger charge is -2.16. The smallest absolute Gasteiger partial charge is 0.328 e. The third-order valence-corrected chi connectivity index (χ3v) is 4.34. The van der Waals surface area contributed by atoms with Crippen LogP contribution in [0.25, 0.3) is 0 Å². The van der Waals surface area contributed by atoms with Crippen LogP contribution in [-0.4, -0.2) is 31.3 Å². The van der Waals surface area contributed by atoms with Crippen LogP contribution in [0.3, 0.4) is 0 Å². The summed E-state index contributed by atoms with van der Waals surface area (Å²) in [5.74, 6) is -0.531. The molecule has 148 valence electrons. The molecule has 5 nitrogen and oxygen atoms in total. The lowest BCUT2D eigenvalue weighted by atomic mass is 10.1. The summed E-state index contributed by atoms with van der Waals surface area (Å²) in [6.45, 7) is 0. The molecular formula is C22H31NO4. The van der Waals surface area contributed by atoms with Gasteiger partial charge in [-0.3, -0.25) is 9.59 Å².